The first-order valence-electron chi connectivity index (χ1n) is 6.52. The van der Waals surface area contributed by atoms with Gasteiger partial charge in [0.05, 0.1) is 24.0 Å². The van der Waals surface area contributed by atoms with E-state index in [4.69, 9.17) is 11.5 Å². The number of carbonyl (C=O) groups excluding carboxylic acids is 2. The number of nitrogens with one attached hydrogen (secondary N) is 1. The second-order valence-electron chi connectivity index (χ2n) is 4.98. The molecule has 0 aliphatic carbocycles. The van der Waals surface area contributed by atoms with Crippen molar-refractivity contribution >= 4 is 23.2 Å². The number of amides is 2. The van der Waals surface area contributed by atoms with Crippen LogP contribution in [0.15, 0.2) is 24.3 Å². The molecule has 0 aliphatic heterocycles. The van der Waals surface area contributed by atoms with Crippen molar-refractivity contribution in [2.24, 2.45) is 5.73 Å². The monoisotopic (exact) mass is 278 g/mol. The third-order valence-electron chi connectivity index (χ3n) is 3.10. The number of nitrogens with two attached hydrogens (primary N) is 2. The van der Waals surface area contributed by atoms with Crippen LogP contribution in [0.2, 0.25) is 0 Å². The van der Waals surface area contributed by atoms with E-state index in [2.05, 4.69) is 5.32 Å². The minimum Gasteiger partial charge on any atom is -0.397 e. The minimum absolute atomic E-state index is 0.0244. The maximum Gasteiger partial charge on any atom is 0.241 e. The minimum atomic E-state index is -0.484. The molecule has 1 atom stereocenters. The quantitative estimate of drug-likeness (QED) is 0.670. The predicted molar refractivity (Wildman–Crippen MR) is 80.0 cm³/mol. The molecule has 110 valence electrons. The van der Waals surface area contributed by atoms with Crippen LogP contribution in [0.4, 0.5) is 11.4 Å². The van der Waals surface area contributed by atoms with Crippen LogP contribution < -0.4 is 16.8 Å². The first-order valence-corrected chi connectivity index (χ1v) is 6.52. The Labute approximate surface area is 119 Å². The largest absolute Gasteiger partial charge is 0.397 e. The highest BCUT2D eigenvalue weighted by Gasteiger charge is 2.25. The summed E-state index contributed by atoms with van der Waals surface area (Å²) in [5.41, 5.74) is 12.1. The third kappa shape index (κ3) is 4.24. The molecule has 0 bridgehead atoms. The van der Waals surface area contributed by atoms with E-state index in [0.717, 1.165) is 0 Å². The number of nitrogens with zero attached hydrogens (tertiary/aromatic N) is 1. The van der Waals surface area contributed by atoms with Crippen LogP contribution in [0.3, 0.4) is 0 Å². The van der Waals surface area contributed by atoms with Crippen molar-refractivity contribution in [2.45, 2.75) is 32.9 Å². The summed E-state index contributed by atoms with van der Waals surface area (Å²) in [5.74, 6) is -0.685. The number of primary amides is 1. The lowest BCUT2D eigenvalue weighted by Gasteiger charge is -2.30. The van der Waals surface area contributed by atoms with Gasteiger partial charge in [-0.25, -0.2) is 0 Å². The number of anilines is 2. The SMILES string of the molecule is CC(C)N(CC(N)=O)C(C)C(=O)Nc1ccccc1N. The fourth-order valence-corrected chi connectivity index (χ4v) is 1.95. The molecule has 0 radical (unpaired) electrons. The molecule has 6 nitrogen and oxygen atoms in total. The van der Waals surface area contributed by atoms with Gasteiger partial charge in [-0.2, -0.15) is 0 Å². The second kappa shape index (κ2) is 6.91. The summed E-state index contributed by atoms with van der Waals surface area (Å²) in [6, 6.07) is 6.57. The van der Waals surface area contributed by atoms with Gasteiger partial charge in [-0.1, -0.05) is 12.1 Å². The van der Waals surface area contributed by atoms with Crippen LogP contribution in [-0.4, -0.2) is 35.3 Å². The summed E-state index contributed by atoms with van der Waals surface area (Å²) in [7, 11) is 0. The van der Waals surface area contributed by atoms with Crippen molar-refractivity contribution in [3.63, 3.8) is 0 Å². The number of carbonyl (C=O) groups is 2. The molecule has 20 heavy (non-hydrogen) atoms. The van der Waals surface area contributed by atoms with Gasteiger partial charge in [-0.3, -0.25) is 14.5 Å². The van der Waals surface area contributed by atoms with E-state index in [1.54, 1.807) is 36.1 Å². The molecule has 0 aliphatic rings. The van der Waals surface area contributed by atoms with Gasteiger partial charge in [0, 0.05) is 6.04 Å². The molecule has 0 fully saturated rings. The third-order valence-corrected chi connectivity index (χ3v) is 3.10. The average Bonchev–Trinajstić information content (AvgIpc) is 2.37. The summed E-state index contributed by atoms with van der Waals surface area (Å²) in [5, 5.41) is 2.76. The number of hydrogen-bond acceptors (Lipinski definition) is 4. The summed E-state index contributed by atoms with van der Waals surface area (Å²) < 4.78 is 0. The highest BCUT2D eigenvalue weighted by Crippen LogP contribution is 2.17. The summed E-state index contributed by atoms with van der Waals surface area (Å²) in [4.78, 5) is 25.0. The average molecular weight is 278 g/mol. The normalized spacial score (nSPS) is 12.4. The number of benzene rings is 1. The van der Waals surface area contributed by atoms with Crippen molar-refractivity contribution in [3.8, 4) is 0 Å². The zero-order valence-corrected chi connectivity index (χ0v) is 12.1. The highest BCUT2D eigenvalue weighted by molar-refractivity contribution is 5.97. The molecule has 2 amide bonds. The van der Waals surface area contributed by atoms with E-state index in [0.29, 0.717) is 11.4 Å². The number of rotatable bonds is 6. The molecule has 0 spiro atoms. The van der Waals surface area contributed by atoms with Gasteiger partial charge < -0.3 is 16.8 Å². The van der Waals surface area contributed by atoms with E-state index >= 15 is 0 Å². The number of para-hydroxylation sites is 2. The Hall–Kier alpha value is -2.08. The zero-order chi connectivity index (χ0) is 15.3. The van der Waals surface area contributed by atoms with E-state index in [1.807, 2.05) is 13.8 Å². The highest BCUT2D eigenvalue weighted by atomic mass is 16.2. The predicted octanol–water partition coefficient (Wildman–Crippen LogP) is 0.792. The molecular weight excluding hydrogens is 256 g/mol. The van der Waals surface area contributed by atoms with Crippen LogP contribution in [-0.2, 0) is 9.59 Å². The lowest BCUT2D eigenvalue weighted by molar-refractivity contribution is -0.124. The van der Waals surface area contributed by atoms with Crippen LogP contribution >= 0.6 is 0 Å². The Morgan fingerprint density at radius 2 is 1.85 bits per heavy atom. The second-order valence-corrected chi connectivity index (χ2v) is 4.98. The molecule has 1 aromatic carbocycles. The number of nitrogen functional groups attached to an aromatic ring is 1. The van der Waals surface area contributed by atoms with Crippen molar-refractivity contribution in [2.75, 3.05) is 17.6 Å². The zero-order valence-electron chi connectivity index (χ0n) is 12.1. The van der Waals surface area contributed by atoms with Gasteiger partial charge in [0.1, 0.15) is 0 Å². The molecule has 0 aromatic heterocycles. The topological polar surface area (TPSA) is 101 Å². The maximum absolute atomic E-state index is 12.2. The van der Waals surface area contributed by atoms with Gasteiger partial charge in [-0.05, 0) is 32.9 Å². The van der Waals surface area contributed by atoms with E-state index in [-0.39, 0.29) is 18.5 Å². The van der Waals surface area contributed by atoms with E-state index in [9.17, 15) is 9.59 Å². The summed E-state index contributed by atoms with van der Waals surface area (Å²) >= 11 is 0. The first kappa shape index (κ1) is 16.0. The van der Waals surface area contributed by atoms with Crippen molar-refractivity contribution in [1.82, 2.24) is 4.90 Å². The summed E-state index contributed by atoms with van der Waals surface area (Å²) in [6.45, 7) is 5.58. The Morgan fingerprint density at radius 3 is 2.35 bits per heavy atom. The molecule has 1 unspecified atom stereocenters. The van der Waals surface area contributed by atoms with Crippen molar-refractivity contribution < 1.29 is 9.59 Å². The first-order chi connectivity index (χ1) is 9.32. The van der Waals surface area contributed by atoms with Crippen molar-refractivity contribution in [3.05, 3.63) is 24.3 Å². The Kier molecular flexibility index (Phi) is 5.52. The lowest BCUT2D eigenvalue weighted by atomic mass is 10.2. The standard InChI is InChI=1S/C14H22N4O2/c1-9(2)18(8-13(16)19)10(3)14(20)17-12-7-5-4-6-11(12)15/h4-7,9-10H,8,15H2,1-3H3,(H2,16,19)(H,17,20). The maximum atomic E-state index is 12.2. The van der Waals surface area contributed by atoms with Crippen LogP contribution in [0, 0.1) is 0 Å². The Bertz CT molecular complexity index is 488. The van der Waals surface area contributed by atoms with Gasteiger partial charge in [0.25, 0.3) is 0 Å². The van der Waals surface area contributed by atoms with Crippen molar-refractivity contribution in [1.29, 1.82) is 0 Å². The van der Waals surface area contributed by atoms with E-state index < -0.39 is 11.9 Å². The van der Waals surface area contributed by atoms with Gasteiger partial charge in [-0.15, -0.1) is 0 Å². The molecule has 0 heterocycles. The van der Waals surface area contributed by atoms with Gasteiger partial charge >= 0.3 is 0 Å². The fraction of sp³-hybridized carbons (Fsp3) is 0.429. The summed E-state index contributed by atoms with van der Waals surface area (Å²) in [6.07, 6.45) is 0. The lowest BCUT2D eigenvalue weighted by Crippen LogP contribution is -2.49. The molecule has 5 N–H and O–H groups in total. The molecule has 1 rings (SSSR count). The Balaban J connectivity index is 2.79. The van der Waals surface area contributed by atoms with Gasteiger partial charge in [0.2, 0.25) is 11.8 Å². The van der Waals surface area contributed by atoms with Crippen LogP contribution in [0.1, 0.15) is 20.8 Å². The van der Waals surface area contributed by atoms with Crippen LogP contribution in [0.25, 0.3) is 0 Å². The Morgan fingerprint density at radius 1 is 1.25 bits per heavy atom. The molecule has 0 saturated heterocycles. The number of hydrogen-bond donors (Lipinski definition) is 3. The van der Waals surface area contributed by atoms with E-state index in [1.165, 1.54) is 0 Å². The fourth-order valence-electron chi connectivity index (χ4n) is 1.95. The van der Waals surface area contributed by atoms with Crippen LogP contribution in [0.5, 0.6) is 0 Å². The molecule has 0 saturated carbocycles. The smallest absolute Gasteiger partial charge is 0.241 e. The molecule has 1 aromatic rings. The molecule has 6 heteroatoms. The van der Waals surface area contributed by atoms with Gasteiger partial charge in [0.15, 0.2) is 0 Å². The molecular formula is C14H22N4O2.